The van der Waals surface area contributed by atoms with Gasteiger partial charge in [0.2, 0.25) is 0 Å². The zero-order chi connectivity index (χ0) is 33.0. The number of hydrogen-bond donors (Lipinski definition) is 0. The first-order valence-electron chi connectivity index (χ1n) is 16.7. The van der Waals surface area contributed by atoms with Crippen LogP contribution in [0.5, 0.6) is 0 Å². The van der Waals surface area contributed by atoms with Crippen LogP contribution in [0.3, 0.4) is 0 Å². The zero-order valence-corrected chi connectivity index (χ0v) is 27.7. The molecule has 10 aromatic rings. The smallest absolute Gasteiger partial charge is 0.166 e. The molecule has 0 aliphatic heterocycles. The lowest BCUT2D eigenvalue weighted by Gasteiger charge is -2.16. The van der Waals surface area contributed by atoms with Crippen LogP contribution in [0, 0.1) is 0 Å². The Morgan fingerprint density at radius 1 is 0.360 bits per heavy atom. The molecule has 0 atom stereocenters. The molecule has 0 spiro atoms. The van der Waals surface area contributed by atoms with Gasteiger partial charge in [0.15, 0.2) is 17.5 Å². The summed E-state index contributed by atoms with van der Waals surface area (Å²) in [5.74, 6) is 1.90. The fraction of sp³-hybridized carbons (Fsp3) is 0. The lowest BCUT2D eigenvalue weighted by Crippen LogP contribution is -2.04. The second-order valence-corrected chi connectivity index (χ2v) is 13.5. The van der Waals surface area contributed by atoms with E-state index in [1.165, 1.54) is 30.9 Å². The molecule has 3 heterocycles. The highest BCUT2D eigenvalue weighted by Crippen LogP contribution is 2.42. The summed E-state index contributed by atoms with van der Waals surface area (Å²) >= 11 is 1.84. The van der Waals surface area contributed by atoms with E-state index in [2.05, 4.69) is 138 Å². The maximum absolute atomic E-state index is 5.21. The van der Waals surface area contributed by atoms with Gasteiger partial charge in [0.25, 0.3) is 0 Å². The molecule has 5 heteroatoms. The lowest BCUT2D eigenvalue weighted by atomic mass is 10.0. The van der Waals surface area contributed by atoms with E-state index < -0.39 is 0 Å². The number of nitrogens with zero attached hydrogens (tertiary/aromatic N) is 4. The first kappa shape index (κ1) is 28.6. The van der Waals surface area contributed by atoms with Crippen LogP contribution in [0.25, 0.3) is 93.0 Å². The summed E-state index contributed by atoms with van der Waals surface area (Å²) in [6, 6.07) is 59.7. The summed E-state index contributed by atoms with van der Waals surface area (Å²) in [5, 5.41) is 5.02. The highest BCUT2D eigenvalue weighted by molar-refractivity contribution is 7.25. The number of para-hydroxylation sites is 1. The van der Waals surface area contributed by atoms with Gasteiger partial charge < -0.3 is 4.57 Å². The highest BCUT2D eigenvalue weighted by Gasteiger charge is 2.21. The molecule has 3 aromatic heterocycles. The molecule has 0 unspecified atom stereocenters. The third kappa shape index (κ3) is 4.71. The first-order valence-corrected chi connectivity index (χ1v) is 17.5. The molecule has 0 amide bonds. The van der Waals surface area contributed by atoms with E-state index in [1.54, 1.807) is 0 Å². The summed E-state index contributed by atoms with van der Waals surface area (Å²) in [6.07, 6.45) is 0. The topological polar surface area (TPSA) is 43.6 Å². The van der Waals surface area contributed by atoms with Crippen LogP contribution in [-0.4, -0.2) is 19.5 Å². The van der Waals surface area contributed by atoms with E-state index in [0.29, 0.717) is 17.5 Å². The van der Waals surface area contributed by atoms with Gasteiger partial charge in [-0.1, -0.05) is 133 Å². The Bertz CT molecular complexity index is 2800. The zero-order valence-electron chi connectivity index (χ0n) is 26.9. The molecule has 0 aliphatic rings. The van der Waals surface area contributed by atoms with Gasteiger partial charge in [0.05, 0.1) is 16.7 Å². The van der Waals surface area contributed by atoms with Crippen LogP contribution in [0.4, 0.5) is 0 Å². The molecule has 0 N–H and O–H groups in total. The average molecular weight is 657 g/mol. The van der Waals surface area contributed by atoms with Gasteiger partial charge in [-0.2, -0.15) is 0 Å². The minimum Gasteiger partial charge on any atom is -0.308 e. The van der Waals surface area contributed by atoms with Gasteiger partial charge in [0, 0.05) is 47.6 Å². The first-order chi connectivity index (χ1) is 24.8. The van der Waals surface area contributed by atoms with Gasteiger partial charge in [0.1, 0.15) is 0 Å². The molecular weight excluding hydrogens is 629 g/mol. The molecule has 0 aliphatic carbocycles. The summed E-state index contributed by atoms with van der Waals surface area (Å²) in [7, 11) is 0. The van der Waals surface area contributed by atoms with Crippen molar-refractivity contribution in [3.63, 3.8) is 0 Å². The number of thiophene rings is 1. The summed E-state index contributed by atoms with van der Waals surface area (Å²) < 4.78 is 4.96. The molecule has 234 valence electrons. The van der Waals surface area contributed by atoms with Gasteiger partial charge in [-0.3, -0.25) is 0 Å². The average Bonchev–Trinajstić information content (AvgIpc) is 3.72. The molecule has 10 rings (SSSR count). The van der Waals surface area contributed by atoms with Crippen molar-refractivity contribution < 1.29 is 0 Å². The fourth-order valence-electron chi connectivity index (χ4n) is 7.10. The molecule has 50 heavy (non-hydrogen) atoms. The molecule has 0 radical (unpaired) electrons. The van der Waals surface area contributed by atoms with Crippen LogP contribution < -0.4 is 0 Å². The summed E-state index contributed by atoms with van der Waals surface area (Å²) in [4.78, 5) is 15.4. The molecule has 0 fully saturated rings. The quantitative estimate of drug-likeness (QED) is 0.185. The van der Waals surface area contributed by atoms with E-state index in [1.807, 2.05) is 47.7 Å². The predicted molar refractivity (Wildman–Crippen MR) is 209 cm³/mol. The summed E-state index contributed by atoms with van der Waals surface area (Å²) in [5.41, 5.74) is 8.35. The number of fused-ring (bicyclic) bond motifs is 6. The second-order valence-electron chi connectivity index (χ2n) is 12.5. The number of rotatable bonds is 5. The van der Waals surface area contributed by atoms with Crippen molar-refractivity contribution in [3.8, 4) is 51.0 Å². The maximum Gasteiger partial charge on any atom is 0.166 e. The number of benzene rings is 7. The van der Waals surface area contributed by atoms with Crippen molar-refractivity contribution in [1.82, 2.24) is 19.5 Å². The van der Waals surface area contributed by atoms with Crippen LogP contribution in [0.1, 0.15) is 0 Å². The normalized spacial score (nSPS) is 11.6. The SMILES string of the molecule is c1ccc(-c2ccc(-n3c4ccccc4c4cc5c(cc43)sc3ccccc35)c(-c3nc(-c4ccccc4)nc(-c4ccccc4)n3)c2)cc1. The largest absolute Gasteiger partial charge is 0.308 e. The molecule has 4 nitrogen and oxygen atoms in total. The van der Waals surface area contributed by atoms with Crippen molar-refractivity contribution in [2.24, 2.45) is 0 Å². The van der Waals surface area contributed by atoms with Crippen molar-refractivity contribution in [2.45, 2.75) is 0 Å². The van der Waals surface area contributed by atoms with Crippen LogP contribution in [0.15, 0.2) is 170 Å². The van der Waals surface area contributed by atoms with Crippen LogP contribution >= 0.6 is 11.3 Å². The molecular formula is C45H28N4S. The van der Waals surface area contributed by atoms with Crippen molar-refractivity contribution in [3.05, 3.63) is 170 Å². The van der Waals surface area contributed by atoms with Gasteiger partial charge in [-0.05, 0) is 47.5 Å². The van der Waals surface area contributed by atoms with Crippen LogP contribution in [-0.2, 0) is 0 Å². The third-order valence-corrected chi connectivity index (χ3v) is 10.6. The Hall–Kier alpha value is -6.43. The van der Waals surface area contributed by atoms with Crippen molar-refractivity contribution in [2.75, 3.05) is 0 Å². The molecule has 0 bridgehead atoms. The van der Waals surface area contributed by atoms with Crippen molar-refractivity contribution in [1.29, 1.82) is 0 Å². The highest BCUT2D eigenvalue weighted by atomic mass is 32.1. The maximum atomic E-state index is 5.21. The van der Waals surface area contributed by atoms with Gasteiger partial charge >= 0.3 is 0 Å². The number of aromatic nitrogens is 4. The van der Waals surface area contributed by atoms with E-state index in [0.717, 1.165) is 44.5 Å². The Labute approximate surface area is 292 Å². The Morgan fingerprint density at radius 2 is 0.940 bits per heavy atom. The van der Waals surface area contributed by atoms with Gasteiger partial charge in [-0.25, -0.2) is 15.0 Å². The fourth-order valence-corrected chi connectivity index (χ4v) is 8.22. The number of hydrogen-bond acceptors (Lipinski definition) is 4. The Kier molecular flexibility index (Phi) is 6.64. The lowest BCUT2D eigenvalue weighted by molar-refractivity contribution is 1.06. The van der Waals surface area contributed by atoms with E-state index in [-0.39, 0.29) is 0 Å². The van der Waals surface area contributed by atoms with Crippen LogP contribution in [0.2, 0.25) is 0 Å². The molecule has 7 aromatic carbocycles. The second kappa shape index (κ2) is 11.6. The monoisotopic (exact) mass is 656 g/mol. The standard InChI is InChI=1S/C45H28N4S/c1-4-14-29(15-5-1)32-24-25-39(37(26-32)45-47-43(30-16-6-2-7-17-30)46-44(48-45)31-18-8-3-9-19-31)49-38-22-12-10-20-33(38)35-27-36-34-21-11-13-23-41(34)50-42(36)28-40(35)49/h1-28H. The minimum absolute atomic E-state index is 0.624. The van der Waals surface area contributed by atoms with Gasteiger partial charge in [-0.15, -0.1) is 11.3 Å². The predicted octanol–water partition coefficient (Wildman–Crippen LogP) is 12.0. The molecule has 0 saturated heterocycles. The summed E-state index contributed by atoms with van der Waals surface area (Å²) in [6.45, 7) is 0. The Morgan fingerprint density at radius 3 is 1.64 bits per heavy atom. The Balaban J connectivity index is 1.30. The molecule has 0 saturated carbocycles. The third-order valence-electron chi connectivity index (χ3n) is 9.46. The minimum atomic E-state index is 0.624. The van der Waals surface area contributed by atoms with E-state index in [4.69, 9.17) is 15.0 Å². The van der Waals surface area contributed by atoms with E-state index in [9.17, 15) is 0 Å². The van der Waals surface area contributed by atoms with E-state index >= 15 is 0 Å². The van der Waals surface area contributed by atoms with Crippen molar-refractivity contribution >= 4 is 53.3 Å².